The Kier molecular flexibility index (Phi) is 5.08. The number of hydrogen-bond acceptors (Lipinski definition) is 5. The molecule has 0 fully saturated rings. The number of ether oxygens (including phenoxy) is 1. The molecular formula is C21H16FN5O3. The molecule has 0 radical (unpaired) electrons. The lowest BCUT2D eigenvalue weighted by Crippen LogP contribution is -2.18. The highest BCUT2D eigenvalue weighted by atomic mass is 19.1. The minimum Gasteiger partial charge on any atom is -0.457 e. The number of pyridine rings is 1. The van der Waals surface area contributed by atoms with Gasteiger partial charge in [0, 0.05) is 30.4 Å². The van der Waals surface area contributed by atoms with E-state index in [-0.39, 0.29) is 17.3 Å². The Bertz CT molecular complexity index is 1240. The molecular weight excluding hydrogens is 389 g/mol. The first-order valence-electron chi connectivity index (χ1n) is 8.94. The first-order chi connectivity index (χ1) is 14.5. The predicted octanol–water partition coefficient (Wildman–Crippen LogP) is 3.50. The Morgan fingerprint density at radius 3 is 2.57 bits per heavy atom. The number of aromatic nitrogens is 3. The van der Waals surface area contributed by atoms with Gasteiger partial charge in [0.1, 0.15) is 23.0 Å². The Balaban J connectivity index is 1.46. The molecule has 0 aliphatic rings. The highest BCUT2D eigenvalue weighted by Gasteiger charge is 2.15. The number of nitrogens with one attached hydrogen (secondary N) is 3. The van der Waals surface area contributed by atoms with Crippen LogP contribution in [0.15, 0.2) is 60.8 Å². The SMILES string of the molecule is CNC(=O)c1cc(Oc2ccc(NC(=O)c3n[nH]c4ccc(F)cc34)cc2)ccn1. The molecule has 9 heteroatoms. The molecule has 0 aliphatic heterocycles. The summed E-state index contributed by atoms with van der Waals surface area (Å²) >= 11 is 0. The van der Waals surface area contributed by atoms with Crippen LogP contribution in [0.5, 0.6) is 11.5 Å². The molecule has 0 saturated heterocycles. The standard InChI is InChI=1S/C21H16FN5O3/c1-23-20(28)18-11-15(8-9-24-18)30-14-5-3-13(4-6-14)25-21(29)19-16-10-12(22)2-7-17(16)26-27-19/h2-11H,1H3,(H,23,28)(H,25,29)(H,26,27). The van der Waals surface area contributed by atoms with Crippen LogP contribution in [0.3, 0.4) is 0 Å². The third-order valence-corrected chi connectivity index (χ3v) is 4.28. The van der Waals surface area contributed by atoms with Gasteiger partial charge in [-0.1, -0.05) is 0 Å². The minimum atomic E-state index is -0.468. The van der Waals surface area contributed by atoms with Crippen LogP contribution < -0.4 is 15.4 Å². The van der Waals surface area contributed by atoms with E-state index in [0.29, 0.717) is 28.1 Å². The Hall–Kier alpha value is -4.27. The van der Waals surface area contributed by atoms with Crippen LogP contribution in [-0.4, -0.2) is 34.0 Å². The van der Waals surface area contributed by atoms with E-state index in [0.717, 1.165) is 0 Å². The minimum absolute atomic E-state index is 0.100. The van der Waals surface area contributed by atoms with Crippen molar-refractivity contribution in [2.24, 2.45) is 0 Å². The van der Waals surface area contributed by atoms with Crippen LogP contribution in [0.25, 0.3) is 10.9 Å². The van der Waals surface area contributed by atoms with Gasteiger partial charge in [0.05, 0.1) is 5.52 Å². The number of carbonyl (C=O) groups excluding carboxylic acids is 2. The van der Waals surface area contributed by atoms with Crippen molar-refractivity contribution in [3.05, 3.63) is 78.0 Å². The molecule has 0 bridgehead atoms. The van der Waals surface area contributed by atoms with Crippen molar-refractivity contribution < 1.29 is 18.7 Å². The van der Waals surface area contributed by atoms with E-state index >= 15 is 0 Å². The number of carbonyl (C=O) groups is 2. The second-order valence-electron chi connectivity index (χ2n) is 6.30. The molecule has 4 aromatic rings. The number of H-pyrrole nitrogens is 1. The highest BCUT2D eigenvalue weighted by Crippen LogP contribution is 2.24. The lowest BCUT2D eigenvalue weighted by Gasteiger charge is -2.08. The molecule has 2 aromatic carbocycles. The van der Waals surface area contributed by atoms with Gasteiger partial charge < -0.3 is 15.4 Å². The summed E-state index contributed by atoms with van der Waals surface area (Å²) in [4.78, 5) is 28.2. The van der Waals surface area contributed by atoms with E-state index in [1.54, 1.807) is 30.3 Å². The van der Waals surface area contributed by atoms with E-state index in [1.165, 1.54) is 37.5 Å². The molecule has 0 aliphatic carbocycles. The van der Waals surface area contributed by atoms with Crippen LogP contribution >= 0.6 is 0 Å². The molecule has 2 amide bonds. The van der Waals surface area contributed by atoms with Crippen LogP contribution in [0.1, 0.15) is 21.0 Å². The molecule has 3 N–H and O–H groups in total. The summed E-state index contributed by atoms with van der Waals surface area (Å²) in [6.45, 7) is 0. The van der Waals surface area contributed by atoms with Gasteiger partial charge in [-0.25, -0.2) is 4.39 Å². The third kappa shape index (κ3) is 3.95. The van der Waals surface area contributed by atoms with Crippen molar-refractivity contribution in [2.45, 2.75) is 0 Å². The summed E-state index contributed by atoms with van der Waals surface area (Å²) in [7, 11) is 1.52. The number of benzene rings is 2. The van der Waals surface area contributed by atoms with E-state index in [4.69, 9.17) is 4.74 Å². The van der Waals surface area contributed by atoms with Gasteiger partial charge in [-0.3, -0.25) is 19.7 Å². The molecule has 0 spiro atoms. The number of rotatable bonds is 5. The van der Waals surface area contributed by atoms with Crippen LogP contribution in [-0.2, 0) is 0 Å². The normalized spacial score (nSPS) is 10.6. The maximum atomic E-state index is 13.5. The molecule has 8 nitrogen and oxygen atoms in total. The Labute approximate surface area is 170 Å². The van der Waals surface area contributed by atoms with Crippen molar-refractivity contribution >= 4 is 28.4 Å². The van der Waals surface area contributed by atoms with Crippen molar-refractivity contribution in [3.8, 4) is 11.5 Å². The zero-order valence-electron chi connectivity index (χ0n) is 15.8. The summed E-state index contributed by atoms with van der Waals surface area (Å²) in [5, 5.41) is 12.3. The smallest absolute Gasteiger partial charge is 0.276 e. The van der Waals surface area contributed by atoms with Crippen molar-refractivity contribution in [1.29, 1.82) is 0 Å². The van der Waals surface area contributed by atoms with Gasteiger partial charge in [-0.05, 0) is 48.5 Å². The molecule has 0 atom stereocenters. The number of aromatic amines is 1. The lowest BCUT2D eigenvalue weighted by molar-refractivity contribution is 0.0957. The fourth-order valence-corrected chi connectivity index (χ4v) is 2.82. The first-order valence-corrected chi connectivity index (χ1v) is 8.94. The number of fused-ring (bicyclic) bond motifs is 1. The molecule has 0 saturated carbocycles. The van der Waals surface area contributed by atoms with Crippen LogP contribution in [0.2, 0.25) is 0 Å². The van der Waals surface area contributed by atoms with E-state index < -0.39 is 11.7 Å². The Morgan fingerprint density at radius 2 is 1.80 bits per heavy atom. The summed E-state index contributed by atoms with van der Waals surface area (Å²) in [6, 6.07) is 13.9. The van der Waals surface area contributed by atoms with Gasteiger partial charge in [0.2, 0.25) is 0 Å². The average molecular weight is 405 g/mol. The van der Waals surface area contributed by atoms with Gasteiger partial charge in [0.25, 0.3) is 11.8 Å². The number of nitrogens with zero attached hydrogens (tertiary/aromatic N) is 2. The molecule has 2 heterocycles. The van der Waals surface area contributed by atoms with Gasteiger partial charge >= 0.3 is 0 Å². The number of amides is 2. The molecule has 30 heavy (non-hydrogen) atoms. The summed E-state index contributed by atoms with van der Waals surface area (Å²) < 4.78 is 19.2. The monoisotopic (exact) mass is 405 g/mol. The average Bonchev–Trinajstić information content (AvgIpc) is 3.18. The molecule has 0 unspecified atom stereocenters. The highest BCUT2D eigenvalue weighted by molar-refractivity contribution is 6.11. The summed E-state index contributed by atoms with van der Waals surface area (Å²) in [6.07, 6.45) is 1.48. The van der Waals surface area contributed by atoms with Crippen LogP contribution in [0, 0.1) is 5.82 Å². The van der Waals surface area contributed by atoms with Crippen molar-refractivity contribution in [1.82, 2.24) is 20.5 Å². The molecule has 4 rings (SSSR count). The van der Waals surface area contributed by atoms with Gasteiger partial charge in [0.15, 0.2) is 5.69 Å². The third-order valence-electron chi connectivity index (χ3n) is 4.28. The quantitative estimate of drug-likeness (QED) is 0.471. The lowest BCUT2D eigenvalue weighted by atomic mass is 10.2. The van der Waals surface area contributed by atoms with Crippen LogP contribution in [0.4, 0.5) is 10.1 Å². The number of anilines is 1. The largest absolute Gasteiger partial charge is 0.457 e. The number of halogens is 1. The van der Waals surface area contributed by atoms with E-state index in [1.807, 2.05) is 0 Å². The van der Waals surface area contributed by atoms with E-state index in [9.17, 15) is 14.0 Å². The van der Waals surface area contributed by atoms with Crippen molar-refractivity contribution in [2.75, 3.05) is 12.4 Å². The first kappa shape index (κ1) is 19.1. The summed E-state index contributed by atoms with van der Waals surface area (Å²) in [5.74, 6) is -0.274. The zero-order chi connectivity index (χ0) is 21.1. The topological polar surface area (TPSA) is 109 Å². The maximum absolute atomic E-state index is 13.5. The Morgan fingerprint density at radius 1 is 1.00 bits per heavy atom. The predicted molar refractivity (Wildman–Crippen MR) is 108 cm³/mol. The van der Waals surface area contributed by atoms with Gasteiger partial charge in [-0.15, -0.1) is 0 Å². The number of hydrogen-bond donors (Lipinski definition) is 3. The second-order valence-corrected chi connectivity index (χ2v) is 6.30. The fraction of sp³-hybridized carbons (Fsp3) is 0.0476. The molecule has 150 valence electrons. The molecule has 2 aromatic heterocycles. The second kappa shape index (κ2) is 8.00. The van der Waals surface area contributed by atoms with E-state index in [2.05, 4.69) is 25.8 Å². The fourth-order valence-electron chi connectivity index (χ4n) is 2.82. The zero-order valence-corrected chi connectivity index (χ0v) is 15.8. The summed E-state index contributed by atoms with van der Waals surface area (Å²) in [5.41, 5.74) is 1.42. The van der Waals surface area contributed by atoms with Gasteiger partial charge in [-0.2, -0.15) is 5.10 Å². The maximum Gasteiger partial charge on any atom is 0.276 e. The van der Waals surface area contributed by atoms with Crippen molar-refractivity contribution in [3.63, 3.8) is 0 Å².